The summed E-state index contributed by atoms with van der Waals surface area (Å²) in [6.07, 6.45) is 2.49. The summed E-state index contributed by atoms with van der Waals surface area (Å²) in [5.41, 5.74) is 1.62. The molecule has 27 heavy (non-hydrogen) atoms. The van der Waals surface area contributed by atoms with Crippen molar-refractivity contribution in [2.24, 2.45) is 0 Å². The van der Waals surface area contributed by atoms with Gasteiger partial charge in [-0.2, -0.15) is 0 Å². The average molecular weight is 388 g/mol. The number of benzene rings is 1. The number of pyridine rings is 1. The van der Waals surface area contributed by atoms with E-state index < -0.39 is 0 Å². The Morgan fingerprint density at radius 2 is 2.00 bits per heavy atom. The number of anilines is 1. The van der Waals surface area contributed by atoms with E-state index in [2.05, 4.69) is 9.88 Å². The van der Waals surface area contributed by atoms with E-state index in [0.717, 1.165) is 30.2 Å². The normalized spacial score (nSPS) is 20.0. The molecule has 142 valence electrons. The van der Waals surface area contributed by atoms with Crippen molar-refractivity contribution in [2.45, 2.75) is 12.5 Å². The molecule has 3 heterocycles. The number of nitrogens with zero attached hydrogens (tertiary/aromatic N) is 3. The van der Waals surface area contributed by atoms with Crippen LogP contribution in [0.4, 0.5) is 5.69 Å². The fourth-order valence-corrected chi connectivity index (χ4v) is 3.68. The predicted octanol–water partition coefficient (Wildman–Crippen LogP) is 2.87. The van der Waals surface area contributed by atoms with Crippen molar-refractivity contribution in [3.8, 4) is 5.88 Å². The molecule has 2 aromatic rings. The van der Waals surface area contributed by atoms with Crippen LogP contribution >= 0.6 is 11.6 Å². The Labute approximate surface area is 163 Å². The molecule has 2 saturated heterocycles. The van der Waals surface area contributed by atoms with Gasteiger partial charge in [-0.15, -0.1) is 0 Å². The van der Waals surface area contributed by atoms with E-state index in [-0.39, 0.29) is 12.0 Å². The lowest BCUT2D eigenvalue weighted by Gasteiger charge is -2.36. The number of rotatable bonds is 4. The quantitative estimate of drug-likeness (QED) is 0.807. The highest BCUT2D eigenvalue weighted by Gasteiger charge is 2.24. The molecule has 0 saturated carbocycles. The number of piperazine rings is 1. The zero-order valence-electron chi connectivity index (χ0n) is 15.0. The second-order valence-corrected chi connectivity index (χ2v) is 7.12. The fourth-order valence-electron chi connectivity index (χ4n) is 3.42. The molecule has 2 aliphatic heterocycles. The molecule has 6 nitrogen and oxygen atoms in total. The summed E-state index contributed by atoms with van der Waals surface area (Å²) in [6, 6.07) is 11.3. The van der Waals surface area contributed by atoms with Gasteiger partial charge < -0.3 is 19.3 Å². The standard InChI is InChI=1S/C20H22ClN3O3/c21-17-3-1-2-4-18(17)23-8-10-24(11-9-23)20(25)15-5-7-22-19(13-15)27-16-6-12-26-14-16/h1-5,7,13,16H,6,8-12,14H2. The summed E-state index contributed by atoms with van der Waals surface area (Å²) >= 11 is 6.29. The molecule has 0 radical (unpaired) electrons. The zero-order chi connectivity index (χ0) is 18.6. The molecule has 1 amide bonds. The molecule has 0 spiro atoms. The Morgan fingerprint density at radius 1 is 1.19 bits per heavy atom. The maximum absolute atomic E-state index is 12.9. The van der Waals surface area contributed by atoms with Crippen LogP contribution in [-0.2, 0) is 4.74 Å². The highest BCUT2D eigenvalue weighted by Crippen LogP contribution is 2.26. The van der Waals surface area contributed by atoms with Crippen molar-refractivity contribution in [3.05, 3.63) is 53.2 Å². The van der Waals surface area contributed by atoms with E-state index in [0.29, 0.717) is 37.7 Å². The molecule has 0 N–H and O–H groups in total. The first kappa shape index (κ1) is 18.1. The Morgan fingerprint density at radius 3 is 2.74 bits per heavy atom. The van der Waals surface area contributed by atoms with E-state index >= 15 is 0 Å². The van der Waals surface area contributed by atoms with Gasteiger partial charge >= 0.3 is 0 Å². The molecule has 1 aromatic carbocycles. The molecule has 7 heteroatoms. The number of hydrogen-bond acceptors (Lipinski definition) is 5. The van der Waals surface area contributed by atoms with Gasteiger partial charge in [-0.05, 0) is 18.2 Å². The van der Waals surface area contributed by atoms with Crippen LogP contribution in [0.25, 0.3) is 0 Å². The molecule has 1 aromatic heterocycles. The van der Waals surface area contributed by atoms with Crippen LogP contribution in [0.3, 0.4) is 0 Å². The minimum atomic E-state index is 0.00345. The van der Waals surface area contributed by atoms with Gasteiger partial charge in [0.25, 0.3) is 5.91 Å². The van der Waals surface area contributed by atoms with Crippen LogP contribution in [0.5, 0.6) is 5.88 Å². The smallest absolute Gasteiger partial charge is 0.254 e. The number of para-hydroxylation sites is 1. The van der Waals surface area contributed by atoms with Gasteiger partial charge in [0.05, 0.1) is 23.9 Å². The molecule has 1 atom stereocenters. The number of halogens is 1. The summed E-state index contributed by atoms with van der Waals surface area (Å²) in [5.74, 6) is 0.481. The van der Waals surface area contributed by atoms with Gasteiger partial charge in [-0.25, -0.2) is 4.98 Å². The number of ether oxygens (including phenoxy) is 2. The van der Waals surface area contributed by atoms with E-state index in [1.165, 1.54) is 0 Å². The van der Waals surface area contributed by atoms with Gasteiger partial charge in [0.2, 0.25) is 5.88 Å². The lowest BCUT2D eigenvalue weighted by atomic mass is 10.2. The zero-order valence-corrected chi connectivity index (χ0v) is 15.8. The van der Waals surface area contributed by atoms with Gasteiger partial charge in [0.15, 0.2) is 0 Å². The first-order valence-corrected chi connectivity index (χ1v) is 9.58. The van der Waals surface area contributed by atoms with Gasteiger partial charge in [0.1, 0.15) is 6.10 Å². The molecule has 4 rings (SSSR count). The maximum atomic E-state index is 12.9. The monoisotopic (exact) mass is 387 g/mol. The van der Waals surface area contributed by atoms with Gasteiger partial charge in [-0.3, -0.25) is 4.79 Å². The number of aromatic nitrogens is 1. The first-order valence-electron chi connectivity index (χ1n) is 9.20. The van der Waals surface area contributed by atoms with Crippen molar-refractivity contribution >= 4 is 23.2 Å². The third-order valence-corrected chi connectivity index (χ3v) is 5.24. The lowest BCUT2D eigenvalue weighted by Crippen LogP contribution is -2.48. The van der Waals surface area contributed by atoms with Crippen LogP contribution in [0.15, 0.2) is 42.6 Å². The van der Waals surface area contributed by atoms with Crippen molar-refractivity contribution < 1.29 is 14.3 Å². The van der Waals surface area contributed by atoms with Crippen molar-refractivity contribution in [3.63, 3.8) is 0 Å². The van der Waals surface area contributed by atoms with Crippen LogP contribution in [0.2, 0.25) is 5.02 Å². The SMILES string of the molecule is O=C(c1ccnc(OC2CCOC2)c1)N1CCN(c2ccccc2Cl)CC1. The molecule has 2 fully saturated rings. The maximum Gasteiger partial charge on any atom is 0.254 e. The summed E-state index contributed by atoms with van der Waals surface area (Å²) in [7, 11) is 0. The van der Waals surface area contributed by atoms with E-state index in [4.69, 9.17) is 21.1 Å². The van der Waals surface area contributed by atoms with Crippen molar-refractivity contribution in [1.29, 1.82) is 0 Å². The van der Waals surface area contributed by atoms with Crippen LogP contribution in [0, 0.1) is 0 Å². The third kappa shape index (κ3) is 4.17. The highest BCUT2D eigenvalue weighted by molar-refractivity contribution is 6.33. The Bertz CT molecular complexity index is 803. The first-order chi connectivity index (χ1) is 13.2. The minimum absolute atomic E-state index is 0.00345. The second-order valence-electron chi connectivity index (χ2n) is 6.72. The Hall–Kier alpha value is -2.31. The molecule has 2 aliphatic rings. The second kappa shape index (κ2) is 8.15. The Kier molecular flexibility index (Phi) is 5.45. The van der Waals surface area contributed by atoms with Crippen molar-refractivity contribution in [2.75, 3.05) is 44.3 Å². The number of carbonyl (C=O) groups is 1. The van der Waals surface area contributed by atoms with Crippen LogP contribution in [-0.4, -0.2) is 61.3 Å². The van der Waals surface area contributed by atoms with Gasteiger partial charge in [-0.1, -0.05) is 23.7 Å². The topological polar surface area (TPSA) is 54.9 Å². The predicted molar refractivity (Wildman–Crippen MR) is 104 cm³/mol. The van der Waals surface area contributed by atoms with Crippen LogP contribution in [0.1, 0.15) is 16.8 Å². The molecule has 0 aliphatic carbocycles. The Balaban J connectivity index is 1.38. The van der Waals surface area contributed by atoms with E-state index in [9.17, 15) is 4.79 Å². The summed E-state index contributed by atoms with van der Waals surface area (Å²) in [5, 5.41) is 0.740. The summed E-state index contributed by atoms with van der Waals surface area (Å²) in [6.45, 7) is 4.09. The molecular weight excluding hydrogens is 366 g/mol. The van der Waals surface area contributed by atoms with Crippen molar-refractivity contribution in [1.82, 2.24) is 9.88 Å². The third-order valence-electron chi connectivity index (χ3n) is 4.92. The number of carbonyl (C=O) groups excluding carboxylic acids is 1. The van der Waals surface area contributed by atoms with Gasteiger partial charge in [0, 0.05) is 50.4 Å². The fraction of sp³-hybridized carbons (Fsp3) is 0.400. The molecular formula is C20H22ClN3O3. The molecule has 1 unspecified atom stereocenters. The van der Waals surface area contributed by atoms with Crippen LogP contribution < -0.4 is 9.64 Å². The largest absolute Gasteiger partial charge is 0.472 e. The summed E-state index contributed by atoms with van der Waals surface area (Å²) in [4.78, 5) is 21.2. The number of amides is 1. The average Bonchev–Trinajstić information content (AvgIpc) is 3.21. The minimum Gasteiger partial charge on any atom is -0.472 e. The molecule has 0 bridgehead atoms. The lowest BCUT2D eigenvalue weighted by molar-refractivity contribution is 0.0745. The van der Waals surface area contributed by atoms with E-state index in [1.54, 1.807) is 18.3 Å². The van der Waals surface area contributed by atoms with E-state index in [1.807, 2.05) is 29.2 Å². The summed E-state index contributed by atoms with van der Waals surface area (Å²) < 4.78 is 11.1. The number of hydrogen-bond donors (Lipinski definition) is 0. The highest BCUT2D eigenvalue weighted by atomic mass is 35.5.